The van der Waals surface area contributed by atoms with Crippen LogP contribution >= 0.6 is 0 Å². The van der Waals surface area contributed by atoms with Crippen LogP contribution in [0.25, 0.3) is 0 Å². The maximum atomic E-state index is 4.66. The lowest BCUT2D eigenvalue weighted by molar-refractivity contribution is 0.191. The zero-order valence-electron chi connectivity index (χ0n) is 12.8. The van der Waals surface area contributed by atoms with Crippen LogP contribution in [0, 0.1) is 0 Å². The van der Waals surface area contributed by atoms with Gasteiger partial charge in [0.1, 0.15) is 0 Å². The van der Waals surface area contributed by atoms with Gasteiger partial charge in [0, 0.05) is 37.4 Å². The van der Waals surface area contributed by atoms with Gasteiger partial charge >= 0.3 is 0 Å². The summed E-state index contributed by atoms with van der Waals surface area (Å²) in [6.07, 6.45) is 4.72. The van der Waals surface area contributed by atoms with E-state index in [1.54, 1.807) is 0 Å². The first kappa shape index (κ1) is 14.5. The molecule has 19 heavy (non-hydrogen) atoms. The minimum absolute atomic E-state index is 0.442. The Labute approximate surface area is 117 Å². The van der Waals surface area contributed by atoms with Crippen molar-refractivity contribution in [2.45, 2.75) is 65.2 Å². The van der Waals surface area contributed by atoms with E-state index in [9.17, 15) is 0 Å². The summed E-state index contributed by atoms with van der Waals surface area (Å²) in [7, 11) is 0. The third kappa shape index (κ3) is 4.05. The number of nitrogens with zero attached hydrogens (tertiary/aromatic N) is 3. The summed E-state index contributed by atoms with van der Waals surface area (Å²) in [5.41, 5.74) is 1.18. The van der Waals surface area contributed by atoms with E-state index in [-0.39, 0.29) is 0 Å². The summed E-state index contributed by atoms with van der Waals surface area (Å²) in [5.74, 6) is 0. The van der Waals surface area contributed by atoms with E-state index in [2.05, 4.69) is 55.3 Å². The Bertz CT molecular complexity index is 377. The molecule has 2 rings (SSSR count). The third-order valence-corrected chi connectivity index (χ3v) is 3.91. The molecular weight excluding hydrogens is 236 g/mol. The van der Waals surface area contributed by atoms with Gasteiger partial charge in [-0.1, -0.05) is 0 Å². The SMILES string of the molecule is CC(C)N(Cc1ccn(C(C)C)n1)CC1CCCN1. The molecule has 0 saturated carbocycles. The molecule has 1 aliphatic rings. The Balaban J connectivity index is 1.94. The van der Waals surface area contributed by atoms with Crippen molar-refractivity contribution < 1.29 is 0 Å². The minimum Gasteiger partial charge on any atom is -0.313 e. The summed E-state index contributed by atoms with van der Waals surface area (Å²) < 4.78 is 2.04. The fraction of sp³-hybridized carbons (Fsp3) is 0.800. The second-order valence-corrected chi connectivity index (χ2v) is 6.20. The molecule has 0 spiro atoms. The molecule has 108 valence electrons. The van der Waals surface area contributed by atoms with Crippen LogP contribution in [-0.4, -0.2) is 39.9 Å². The van der Waals surface area contributed by atoms with Crippen molar-refractivity contribution >= 4 is 0 Å². The normalized spacial score (nSPS) is 20.1. The lowest BCUT2D eigenvalue weighted by Crippen LogP contribution is -2.40. The number of aromatic nitrogens is 2. The van der Waals surface area contributed by atoms with E-state index in [1.165, 1.54) is 25.1 Å². The van der Waals surface area contributed by atoms with Crippen molar-refractivity contribution in [1.29, 1.82) is 0 Å². The highest BCUT2D eigenvalue weighted by molar-refractivity contribution is 5.00. The van der Waals surface area contributed by atoms with Gasteiger partial charge in [0.25, 0.3) is 0 Å². The first-order valence-corrected chi connectivity index (χ1v) is 7.57. The van der Waals surface area contributed by atoms with Gasteiger partial charge in [-0.2, -0.15) is 5.10 Å². The van der Waals surface area contributed by atoms with Crippen LogP contribution in [0.3, 0.4) is 0 Å². The van der Waals surface area contributed by atoms with Crippen LogP contribution in [0.1, 0.15) is 52.3 Å². The predicted octanol–water partition coefficient (Wildman–Crippen LogP) is 2.43. The molecule has 0 aromatic carbocycles. The van der Waals surface area contributed by atoms with E-state index >= 15 is 0 Å². The molecule has 1 fully saturated rings. The Morgan fingerprint density at radius 3 is 2.74 bits per heavy atom. The highest BCUT2D eigenvalue weighted by Gasteiger charge is 2.20. The third-order valence-electron chi connectivity index (χ3n) is 3.91. The zero-order chi connectivity index (χ0) is 13.8. The second-order valence-electron chi connectivity index (χ2n) is 6.20. The van der Waals surface area contributed by atoms with Crippen LogP contribution in [0.5, 0.6) is 0 Å². The van der Waals surface area contributed by atoms with E-state index in [0.717, 1.165) is 13.1 Å². The van der Waals surface area contributed by atoms with Crippen molar-refractivity contribution in [3.63, 3.8) is 0 Å². The van der Waals surface area contributed by atoms with Crippen LogP contribution in [0.15, 0.2) is 12.3 Å². The van der Waals surface area contributed by atoms with Crippen LogP contribution in [-0.2, 0) is 6.54 Å². The van der Waals surface area contributed by atoms with Gasteiger partial charge in [-0.15, -0.1) is 0 Å². The number of hydrogen-bond donors (Lipinski definition) is 1. The lowest BCUT2D eigenvalue weighted by Gasteiger charge is -2.28. The molecule has 0 aliphatic carbocycles. The molecule has 1 aromatic heterocycles. The van der Waals surface area contributed by atoms with Gasteiger partial charge in [0.15, 0.2) is 0 Å². The summed E-state index contributed by atoms with van der Waals surface area (Å²) in [4.78, 5) is 2.52. The molecule has 0 amide bonds. The van der Waals surface area contributed by atoms with Crippen molar-refractivity contribution in [3.8, 4) is 0 Å². The highest BCUT2D eigenvalue weighted by Crippen LogP contribution is 2.13. The van der Waals surface area contributed by atoms with E-state index in [0.29, 0.717) is 18.1 Å². The highest BCUT2D eigenvalue weighted by atomic mass is 15.3. The minimum atomic E-state index is 0.442. The number of hydrogen-bond acceptors (Lipinski definition) is 3. The molecule has 2 heterocycles. The maximum absolute atomic E-state index is 4.66. The Morgan fingerprint density at radius 1 is 1.42 bits per heavy atom. The Kier molecular flexibility index (Phi) is 4.99. The van der Waals surface area contributed by atoms with Gasteiger partial charge in [0.2, 0.25) is 0 Å². The molecule has 0 bridgehead atoms. The van der Waals surface area contributed by atoms with E-state index in [4.69, 9.17) is 0 Å². The molecular formula is C15H28N4. The average molecular weight is 264 g/mol. The summed E-state index contributed by atoms with van der Waals surface area (Å²) in [5, 5.41) is 8.24. The molecule has 4 heteroatoms. The fourth-order valence-corrected chi connectivity index (χ4v) is 2.61. The number of nitrogens with one attached hydrogen (secondary N) is 1. The van der Waals surface area contributed by atoms with E-state index in [1.807, 2.05) is 4.68 Å². The molecule has 1 unspecified atom stereocenters. The summed E-state index contributed by atoms with van der Waals surface area (Å²) in [6, 6.07) is 3.82. The fourth-order valence-electron chi connectivity index (χ4n) is 2.61. The Hall–Kier alpha value is -0.870. The zero-order valence-corrected chi connectivity index (χ0v) is 12.8. The molecule has 0 radical (unpaired) electrons. The van der Waals surface area contributed by atoms with Gasteiger partial charge in [-0.25, -0.2) is 0 Å². The van der Waals surface area contributed by atoms with Crippen molar-refractivity contribution in [1.82, 2.24) is 20.0 Å². The van der Waals surface area contributed by atoms with Crippen LogP contribution < -0.4 is 5.32 Å². The molecule has 4 nitrogen and oxygen atoms in total. The van der Waals surface area contributed by atoms with Crippen molar-refractivity contribution in [3.05, 3.63) is 18.0 Å². The van der Waals surface area contributed by atoms with E-state index < -0.39 is 0 Å². The van der Waals surface area contributed by atoms with Crippen molar-refractivity contribution in [2.75, 3.05) is 13.1 Å². The predicted molar refractivity (Wildman–Crippen MR) is 79.2 cm³/mol. The van der Waals surface area contributed by atoms with Crippen molar-refractivity contribution in [2.24, 2.45) is 0 Å². The monoisotopic (exact) mass is 264 g/mol. The number of rotatable bonds is 6. The first-order chi connectivity index (χ1) is 9.06. The van der Waals surface area contributed by atoms with Crippen LogP contribution in [0.2, 0.25) is 0 Å². The molecule has 1 saturated heterocycles. The topological polar surface area (TPSA) is 33.1 Å². The quantitative estimate of drug-likeness (QED) is 0.856. The second kappa shape index (κ2) is 6.53. The summed E-state index contributed by atoms with van der Waals surface area (Å²) in [6.45, 7) is 12.1. The molecule has 1 aromatic rings. The van der Waals surface area contributed by atoms with Gasteiger partial charge in [-0.05, 0) is 53.1 Å². The van der Waals surface area contributed by atoms with Gasteiger partial charge in [-0.3, -0.25) is 9.58 Å². The molecule has 1 atom stereocenters. The van der Waals surface area contributed by atoms with Gasteiger partial charge < -0.3 is 5.32 Å². The van der Waals surface area contributed by atoms with Crippen LogP contribution in [0.4, 0.5) is 0 Å². The van der Waals surface area contributed by atoms with Gasteiger partial charge in [0.05, 0.1) is 5.69 Å². The maximum Gasteiger partial charge on any atom is 0.0765 e. The lowest BCUT2D eigenvalue weighted by atomic mass is 10.2. The Morgan fingerprint density at radius 2 is 2.21 bits per heavy atom. The molecule has 1 aliphatic heterocycles. The largest absolute Gasteiger partial charge is 0.313 e. The summed E-state index contributed by atoms with van der Waals surface area (Å²) >= 11 is 0. The first-order valence-electron chi connectivity index (χ1n) is 7.57. The molecule has 1 N–H and O–H groups in total. The average Bonchev–Trinajstić information content (AvgIpc) is 2.98. The standard InChI is InChI=1S/C15H28N4/c1-12(2)18(10-14-6-5-8-16-14)11-15-7-9-19(17-15)13(3)4/h7,9,12-14,16H,5-6,8,10-11H2,1-4H3. The smallest absolute Gasteiger partial charge is 0.0765 e.